The Hall–Kier alpha value is -3.85. The van der Waals surface area contributed by atoms with Crippen LogP contribution in [0, 0.1) is 13.8 Å². The molecule has 176 valence electrons. The Balaban J connectivity index is 1.53. The minimum atomic E-state index is -0.370. The number of ether oxygens (including phenoxy) is 2. The van der Waals surface area contributed by atoms with E-state index in [2.05, 4.69) is 20.6 Å². The summed E-state index contributed by atoms with van der Waals surface area (Å²) in [6.45, 7) is 6.35. The van der Waals surface area contributed by atoms with E-state index in [0.29, 0.717) is 58.4 Å². The van der Waals surface area contributed by atoms with Crippen molar-refractivity contribution in [2.75, 3.05) is 19.0 Å². The van der Waals surface area contributed by atoms with E-state index < -0.39 is 0 Å². The van der Waals surface area contributed by atoms with Gasteiger partial charge in [-0.2, -0.15) is 0 Å². The molecule has 2 aromatic carbocycles. The molecule has 0 bridgehead atoms. The zero-order valence-electron chi connectivity index (χ0n) is 19.3. The Morgan fingerprint density at radius 3 is 2.74 bits per heavy atom. The summed E-state index contributed by atoms with van der Waals surface area (Å²) >= 11 is 5.99. The fourth-order valence-corrected chi connectivity index (χ4v) is 3.58. The van der Waals surface area contributed by atoms with Gasteiger partial charge in [0.05, 0.1) is 26.0 Å². The molecule has 0 unspecified atom stereocenters. The first-order valence-electron chi connectivity index (χ1n) is 10.6. The van der Waals surface area contributed by atoms with Crippen molar-refractivity contribution >= 4 is 23.2 Å². The third-order valence-corrected chi connectivity index (χ3v) is 5.42. The number of aromatic nitrogens is 4. The number of amides is 1. The predicted molar refractivity (Wildman–Crippen MR) is 128 cm³/mol. The second-order valence-electron chi connectivity index (χ2n) is 7.47. The van der Waals surface area contributed by atoms with Crippen molar-refractivity contribution in [2.45, 2.75) is 27.3 Å². The summed E-state index contributed by atoms with van der Waals surface area (Å²) in [7, 11) is 1.58. The first kappa shape index (κ1) is 23.3. The summed E-state index contributed by atoms with van der Waals surface area (Å²) < 4.78 is 18.5. The number of carbonyl (C=O) groups is 1. The number of carbonyl (C=O) groups excluding carboxylic acids is 1. The van der Waals surface area contributed by atoms with Gasteiger partial charge in [0.1, 0.15) is 11.5 Å². The molecule has 34 heavy (non-hydrogen) atoms. The van der Waals surface area contributed by atoms with Gasteiger partial charge >= 0.3 is 0 Å². The lowest BCUT2D eigenvalue weighted by Crippen LogP contribution is -2.14. The van der Waals surface area contributed by atoms with Gasteiger partial charge in [-0.3, -0.25) is 4.79 Å². The maximum atomic E-state index is 12.7. The molecule has 0 aliphatic heterocycles. The molecule has 2 heterocycles. The quantitative estimate of drug-likeness (QED) is 0.381. The fraction of sp³-hybridized carbons (Fsp3) is 0.250. The summed E-state index contributed by atoms with van der Waals surface area (Å²) in [5, 5.41) is 11.5. The van der Waals surface area contributed by atoms with Gasteiger partial charge in [0.25, 0.3) is 5.91 Å². The Kier molecular flexibility index (Phi) is 6.83. The first-order valence-corrected chi connectivity index (χ1v) is 11.0. The van der Waals surface area contributed by atoms with Gasteiger partial charge in [-0.15, -0.1) is 5.10 Å². The molecule has 1 N–H and O–H groups in total. The molecular formula is C24H24ClN5O4. The SMILES string of the molecule is CCOc1ccc(-c2nc(Cn3nnc(C(=O)Nc4cccc(Cl)c4)c3C)c(C)o2)cc1OC. The summed E-state index contributed by atoms with van der Waals surface area (Å²) in [4.78, 5) is 17.3. The molecule has 0 aliphatic carbocycles. The van der Waals surface area contributed by atoms with Crippen molar-refractivity contribution in [3.63, 3.8) is 0 Å². The molecule has 0 spiro atoms. The van der Waals surface area contributed by atoms with E-state index >= 15 is 0 Å². The van der Waals surface area contributed by atoms with Crippen molar-refractivity contribution < 1.29 is 18.7 Å². The Bertz CT molecular complexity index is 1330. The maximum absolute atomic E-state index is 12.7. The largest absolute Gasteiger partial charge is 0.493 e. The topological polar surface area (TPSA) is 104 Å². The molecule has 0 atom stereocenters. The van der Waals surface area contributed by atoms with Crippen LogP contribution in [0.3, 0.4) is 0 Å². The molecule has 0 fully saturated rings. The standard InChI is InChI=1S/C24H24ClN5O4/c1-5-33-20-10-9-16(11-21(20)32-4)24-27-19(15(3)34-24)13-30-14(2)22(28-29-30)23(31)26-18-8-6-7-17(25)12-18/h6-12H,5,13H2,1-4H3,(H,26,31). The lowest BCUT2D eigenvalue weighted by atomic mass is 10.2. The van der Waals surface area contributed by atoms with Crippen LogP contribution in [-0.2, 0) is 6.54 Å². The van der Waals surface area contributed by atoms with Crippen LogP contribution in [0.1, 0.15) is 34.6 Å². The molecular weight excluding hydrogens is 458 g/mol. The fourth-order valence-electron chi connectivity index (χ4n) is 3.39. The molecule has 4 rings (SSSR count). The van der Waals surface area contributed by atoms with Gasteiger partial charge in [-0.25, -0.2) is 9.67 Å². The zero-order chi connectivity index (χ0) is 24.2. The Labute approximate surface area is 201 Å². The van der Waals surface area contributed by atoms with Gasteiger partial charge in [0, 0.05) is 16.3 Å². The smallest absolute Gasteiger partial charge is 0.278 e. The van der Waals surface area contributed by atoms with Crippen LogP contribution >= 0.6 is 11.6 Å². The number of rotatable bonds is 8. The number of nitrogens with one attached hydrogen (secondary N) is 1. The minimum Gasteiger partial charge on any atom is -0.493 e. The number of halogens is 1. The second-order valence-corrected chi connectivity index (χ2v) is 7.90. The summed E-state index contributed by atoms with van der Waals surface area (Å²) in [6, 6.07) is 12.4. The molecule has 0 aliphatic rings. The summed E-state index contributed by atoms with van der Waals surface area (Å²) in [5.74, 6) is 1.97. The molecule has 0 radical (unpaired) electrons. The number of oxazole rings is 1. The minimum absolute atomic E-state index is 0.220. The number of hydrogen-bond acceptors (Lipinski definition) is 7. The van der Waals surface area contributed by atoms with Crippen LogP contribution in [-0.4, -0.2) is 39.6 Å². The molecule has 0 saturated carbocycles. The van der Waals surface area contributed by atoms with E-state index in [4.69, 9.17) is 25.5 Å². The maximum Gasteiger partial charge on any atom is 0.278 e. The van der Waals surface area contributed by atoms with Crippen LogP contribution in [0.25, 0.3) is 11.5 Å². The van der Waals surface area contributed by atoms with Crippen molar-refractivity contribution in [1.82, 2.24) is 20.0 Å². The van der Waals surface area contributed by atoms with Gasteiger partial charge in [0.15, 0.2) is 17.2 Å². The number of methoxy groups -OCH3 is 1. The highest BCUT2D eigenvalue weighted by Crippen LogP contribution is 2.33. The Morgan fingerprint density at radius 2 is 2.00 bits per heavy atom. The van der Waals surface area contributed by atoms with Crippen LogP contribution in [0.4, 0.5) is 5.69 Å². The van der Waals surface area contributed by atoms with Crippen molar-refractivity contribution in [1.29, 1.82) is 0 Å². The normalized spacial score (nSPS) is 10.9. The van der Waals surface area contributed by atoms with Crippen molar-refractivity contribution in [2.24, 2.45) is 0 Å². The molecule has 10 heteroatoms. The summed E-state index contributed by atoms with van der Waals surface area (Å²) in [6.07, 6.45) is 0. The zero-order valence-corrected chi connectivity index (χ0v) is 20.0. The molecule has 2 aromatic heterocycles. The van der Waals surface area contributed by atoms with E-state index in [1.165, 1.54) is 0 Å². The molecule has 9 nitrogen and oxygen atoms in total. The lowest BCUT2D eigenvalue weighted by molar-refractivity contribution is 0.102. The van der Waals surface area contributed by atoms with Crippen LogP contribution < -0.4 is 14.8 Å². The summed E-state index contributed by atoms with van der Waals surface area (Å²) in [5.41, 5.74) is 2.84. The average Bonchev–Trinajstić information content (AvgIpc) is 3.37. The average molecular weight is 482 g/mol. The predicted octanol–water partition coefficient (Wildman–Crippen LogP) is 4.91. The third kappa shape index (κ3) is 4.89. The first-order chi connectivity index (χ1) is 16.4. The molecule has 0 saturated heterocycles. The van der Waals surface area contributed by atoms with Crippen LogP contribution in [0.5, 0.6) is 11.5 Å². The highest BCUT2D eigenvalue weighted by Gasteiger charge is 2.20. The number of aryl methyl sites for hydroxylation is 1. The van der Waals surface area contributed by atoms with Crippen molar-refractivity contribution in [3.8, 4) is 23.0 Å². The lowest BCUT2D eigenvalue weighted by Gasteiger charge is -2.09. The monoisotopic (exact) mass is 481 g/mol. The number of benzene rings is 2. The highest BCUT2D eigenvalue weighted by atomic mass is 35.5. The Morgan fingerprint density at radius 1 is 1.18 bits per heavy atom. The molecule has 4 aromatic rings. The van der Waals surface area contributed by atoms with E-state index in [-0.39, 0.29) is 11.6 Å². The van der Waals surface area contributed by atoms with Crippen LogP contribution in [0.15, 0.2) is 46.9 Å². The van der Waals surface area contributed by atoms with E-state index in [1.807, 2.05) is 32.0 Å². The van der Waals surface area contributed by atoms with Gasteiger partial charge in [-0.05, 0) is 57.2 Å². The van der Waals surface area contributed by atoms with Gasteiger partial charge < -0.3 is 19.2 Å². The number of nitrogens with zero attached hydrogens (tertiary/aromatic N) is 4. The second kappa shape index (κ2) is 9.96. The van der Waals surface area contributed by atoms with E-state index in [1.54, 1.807) is 43.0 Å². The molecule has 1 amide bonds. The number of hydrogen-bond donors (Lipinski definition) is 1. The van der Waals surface area contributed by atoms with Crippen molar-refractivity contribution in [3.05, 3.63) is 70.3 Å². The van der Waals surface area contributed by atoms with Gasteiger partial charge in [0.2, 0.25) is 5.89 Å². The highest BCUT2D eigenvalue weighted by molar-refractivity contribution is 6.30. The van der Waals surface area contributed by atoms with Crippen LogP contribution in [0.2, 0.25) is 5.02 Å². The van der Waals surface area contributed by atoms with E-state index in [9.17, 15) is 4.79 Å². The van der Waals surface area contributed by atoms with E-state index in [0.717, 1.165) is 5.56 Å². The third-order valence-electron chi connectivity index (χ3n) is 5.18. The number of anilines is 1. The van der Waals surface area contributed by atoms with Gasteiger partial charge in [-0.1, -0.05) is 22.9 Å².